The zero-order chi connectivity index (χ0) is 21.6. The molecular formula is C26H30N4O. The van der Waals surface area contributed by atoms with Crippen LogP contribution in [0.3, 0.4) is 0 Å². The third kappa shape index (κ3) is 5.25. The summed E-state index contributed by atoms with van der Waals surface area (Å²) in [6, 6.07) is 26.7. The summed E-state index contributed by atoms with van der Waals surface area (Å²) in [5, 5.41) is 6.00. The van der Waals surface area contributed by atoms with Gasteiger partial charge < -0.3 is 15.5 Å². The number of anilines is 2. The minimum atomic E-state index is -0.182. The van der Waals surface area contributed by atoms with Crippen LogP contribution in [0, 0.1) is 0 Å². The van der Waals surface area contributed by atoms with E-state index in [4.69, 9.17) is 0 Å². The van der Waals surface area contributed by atoms with Crippen molar-refractivity contribution in [1.82, 2.24) is 10.2 Å². The summed E-state index contributed by atoms with van der Waals surface area (Å²) >= 11 is 0. The third-order valence-electron chi connectivity index (χ3n) is 5.88. The van der Waals surface area contributed by atoms with Crippen molar-refractivity contribution in [2.45, 2.75) is 19.0 Å². The lowest BCUT2D eigenvalue weighted by atomic mass is 9.96. The zero-order valence-corrected chi connectivity index (χ0v) is 18.2. The highest BCUT2D eigenvalue weighted by molar-refractivity contribution is 5.89. The molecule has 31 heavy (non-hydrogen) atoms. The molecule has 2 amide bonds. The molecule has 5 heteroatoms. The predicted molar refractivity (Wildman–Crippen MR) is 128 cm³/mol. The molecule has 0 bridgehead atoms. The topological polar surface area (TPSA) is 47.6 Å². The largest absolute Gasteiger partial charge is 0.378 e. The number of benzene rings is 3. The highest BCUT2D eigenvalue weighted by Gasteiger charge is 2.25. The van der Waals surface area contributed by atoms with Crippen LogP contribution in [0.15, 0.2) is 78.9 Å². The van der Waals surface area contributed by atoms with Crippen molar-refractivity contribution in [3.05, 3.63) is 95.6 Å². The maximum Gasteiger partial charge on any atom is 0.319 e. The van der Waals surface area contributed by atoms with Gasteiger partial charge in [0, 0.05) is 45.1 Å². The number of nitrogens with one attached hydrogen (secondary N) is 2. The van der Waals surface area contributed by atoms with Crippen LogP contribution in [0.4, 0.5) is 16.2 Å². The van der Waals surface area contributed by atoms with E-state index < -0.39 is 0 Å². The van der Waals surface area contributed by atoms with Crippen LogP contribution in [0.2, 0.25) is 0 Å². The fraction of sp³-hybridized carbons (Fsp3) is 0.269. The molecule has 1 heterocycles. The summed E-state index contributed by atoms with van der Waals surface area (Å²) in [4.78, 5) is 17.1. The smallest absolute Gasteiger partial charge is 0.319 e. The fourth-order valence-corrected chi connectivity index (χ4v) is 4.12. The molecule has 0 radical (unpaired) electrons. The number of rotatable bonds is 6. The molecule has 0 saturated heterocycles. The van der Waals surface area contributed by atoms with Crippen LogP contribution in [-0.2, 0) is 13.0 Å². The molecule has 3 aromatic carbocycles. The van der Waals surface area contributed by atoms with E-state index in [2.05, 4.69) is 69.0 Å². The SMILES string of the molecule is CN(C)c1ccc(C(CNC(=O)Nc2ccccc2)N2CCc3ccccc3C2)cc1. The Morgan fingerprint density at radius 1 is 0.935 bits per heavy atom. The summed E-state index contributed by atoms with van der Waals surface area (Å²) in [5.41, 5.74) is 5.97. The van der Waals surface area contributed by atoms with E-state index in [1.54, 1.807) is 0 Å². The molecule has 1 unspecified atom stereocenters. The van der Waals surface area contributed by atoms with Gasteiger partial charge in [0.1, 0.15) is 0 Å². The molecule has 1 aliphatic rings. The average molecular weight is 415 g/mol. The second kappa shape index (κ2) is 9.67. The Kier molecular flexibility index (Phi) is 6.53. The monoisotopic (exact) mass is 414 g/mol. The summed E-state index contributed by atoms with van der Waals surface area (Å²) in [6.45, 7) is 2.40. The first kappa shape index (κ1) is 20.9. The number of hydrogen-bond acceptors (Lipinski definition) is 3. The Labute approximate surface area is 184 Å². The number of carbonyl (C=O) groups excluding carboxylic acids is 1. The first-order valence-electron chi connectivity index (χ1n) is 10.8. The fourth-order valence-electron chi connectivity index (χ4n) is 4.12. The van der Waals surface area contributed by atoms with Crippen molar-refractivity contribution >= 4 is 17.4 Å². The van der Waals surface area contributed by atoms with Crippen molar-refractivity contribution in [2.24, 2.45) is 0 Å². The van der Waals surface area contributed by atoms with E-state index in [1.807, 2.05) is 44.4 Å². The molecular weight excluding hydrogens is 384 g/mol. The van der Waals surface area contributed by atoms with Gasteiger partial charge in [-0.25, -0.2) is 4.79 Å². The molecule has 160 valence electrons. The number of urea groups is 1. The molecule has 5 nitrogen and oxygen atoms in total. The molecule has 0 fully saturated rings. The Bertz CT molecular complexity index is 1000. The molecule has 3 aromatic rings. The molecule has 0 aromatic heterocycles. The van der Waals surface area contributed by atoms with Crippen LogP contribution in [0.25, 0.3) is 0 Å². The first-order chi connectivity index (χ1) is 15.1. The van der Waals surface area contributed by atoms with Crippen LogP contribution in [0.1, 0.15) is 22.7 Å². The lowest BCUT2D eigenvalue weighted by Gasteiger charge is -2.36. The highest BCUT2D eigenvalue weighted by Crippen LogP contribution is 2.28. The second-order valence-corrected chi connectivity index (χ2v) is 8.19. The highest BCUT2D eigenvalue weighted by atomic mass is 16.2. The summed E-state index contributed by atoms with van der Waals surface area (Å²) in [6.07, 6.45) is 1.03. The van der Waals surface area contributed by atoms with E-state index in [-0.39, 0.29) is 12.1 Å². The van der Waals surface area contributed by atoms with Gasteiger partial charge in [-0.2, -0.15) is 0 Å². The van der Waals surface area contributed by atoms with E-state index >= 15 is 0 Å². The third-order valence-corrected chi connectivity index (χ3v) is 5.88. The number of hydrogen-bond donors (Lipinski definition) is 2. The van der Waals surface area contributed by atoms with Gasteiger partial charge in [0.15, 0.2) is 0 Å². The molecule has 1 atom stereocenters. The van der Waals surface area contributed by atoms with Gasteiger partial charge in [-0.15, -0.1) is 0 Å². The first-order valence-corrected chi connectivity index (χ1v) is 10.8. The average Bonchev–Trinajstić information content (AvgIpc) is 2.80. The van der Waals surface area contributed by atoms with Crippen molar-refractivity contribution in [3.8, 4) is 0 Å². The van der Waals surface area contributed by atoms with Gasteiger partial charge in [0.05, 0.1) is 6.04 Å². The van der Waals surface area contributed by atoms with Gasteiger partial charge in [-0.3, -0.25) is 4.90 Å². The van der Waals surface area contributed by atoms with Gasteiger partial charge >= 0.3 is 6.03 Å². The van der Waals surface area contributed by atoms with E-state index in [1.165, 1.54) is 22.4 Å². The standard InChI is InChI=1S/C26H30N4O/c1-29(2)24-14-12-21(13-15-24)25(18-27-26(31)28-23-10-4-3-5-11-23)30-17-16-20-8-6-7-9-22(20)19-30/h3-15,25H,16-19H2,1-2H3,(H2,27,28,31). The lowest BCUT2D eigenvalue weighted by molar-refractivity contribution is 0.175. The number of carbonyl (C=O) groups is 1. The summed E-state index contributed by atoms with van der Waals surface area (Å²) < 4.78 is 0. The van der Waals surface area contributed by atoms with Gasteiger partial charge in [0.25, 0.3) is 0 Å². The Morgan fingerprint density at radius 2 is 1.61 bits per heavy atom. The van der Waals surface area contributed by atoms with E-state index in [0.717, 1.165) is 25.2 Å². The maximum atomic E-state index is 12.5. The van der Waals surface area contributed by atoms with Crippen molar-refractivity contribution in [2.75, 3.05) is 37.4 Å². The van der Waals surface area contributed by atoms with E-state index in [9.17, 15) is 4.79 Å². The normalized spacial score (nSPS) is 14.4. The molecule has 0 spiro atoms. The molecule has 2 N–H and O–H groups in total. The van der Waals surface area contributed by atoms with Gasteiger partial charge in [0.2, 0.25) is 0 Å². The molecule has 4 rings (SSSR count). The number of nitrogens with zero attached hydrogens (tertiary/aromatic N) is 2. The second-order valence-electron chi connectivity index (χ2n) is 8.19. The van der Waals surface area contributed by atoms with Crippen LogP contribution in [-0.4, -0.2) is 38.1 Å². The number of para-hydroxylation sites is 1. The molecule has 0 saturated carbocycles. The summed E-state index contributed by atoms with van der Waals surface area (Å²) in [7, 11) is 4.09. The van der Waals surface area contributed by atoms with Crippen LogP contribution >= 0.6 is 0 Å². The lowest BCUT2D eigenvalue weighted by Crippen LogP contribution is -2.41. The molecule has 0 aliphatic carbocycles. The van der Waals surface area contributed by atoms with Crippen molar-refractivity contribution in [3.63, 3.8) is 0 Å². The van der Waals surface area contributed by atoms with Gasteiger partial charge in [-0.05, 0) is 47.4 Å². The minimum Gasteiger partial charge on any atom is -0.378 e. The van der Waals surface area contributed by atoms with Gasteiger partial charge in [-0.1, -0.05) is 54.6 Å². The Morgan fingerprint density at radius 3 is 2.32 bits per heavy atom. The maximum absolute atomic E-state index is 12.5. The number of fused-ring (bicyclic) bond motifs is 1. The summed E-state index contributed by atoms with van der Waals surface area (Å²) in [5.74, 6) is 0. The molecule has 1 aliphatic heterocycles. The van der Waals surface area contributed by atoms with Crippen LogP contribution in [0.5, 0.6) is 0 Å². The van der Waals surface area contributed by atoms with Crippen molar-refractivity contribution < 1.29 is 4.79 Å². The van der Waals surface area contributed by atoms with E-state index in [0.29, 0.717) is 6.54 Å². The minimum absolute atomic E-state index is 0.103. The zero-order valence-electron chi connectivity index (χ0n) is 18.2. The number of amides is 2. The predicted octanol–water partition coefficient (Wildman–Crippen LogP) is 4.67. The Balaban J connectivity index is 1.50. The van der Waals surface area contributed by atoms with Crippen molar-refractivity contribution in [1.29, 1.82) is 0 Å². The quantitative estimate of drug-likeness (QED) is 0.616. The Hall–Kier alpha value is -3.31. The van der Waals surface area contributed by atoms with Crippen LogP contribution < -0.4 is 15.5 Å².